The highest BCUT2D eigenvalue weighted by molar-refractivity contribution is 7.89. The molecule has 0 saturated carbocycles. The lowest BCUT2D eigenvalue weighted by atomic mass is 10.1. The summed E-state index contributed by atoms with van der Waals surface area (Å²) in [6, 6.07) is 15.5. The summed E-state index contributed by atoms with van der Waals surface area (Å²) in [5.41, 5.74) is 4.31. The van der Waals surface area contributed by atoms with E-state index in [2.05, 4.69) is 10.5 Å². The molecule has 7 heteroatoms. The van der Waals surface area contributed by atoms with Gasteiger partial charge in [0, 0.05) is 18.7 Å². The van der Waals surface area contributed by atoms with Crippen molar-refractivity contribution in [3.05, 3.63) is 65.7 Å². The monoisotopic (exact) mass is 371 g/mol. The van der Waals surface area contributed by atoms with Crippen LogP contribution in [0.4, 0.5) is 0 Å². The van der Waals surface area contributed by atoms with E-state index in [0.29, 0.717) is 18.8 Å². The number of sulfonamides is 1. The minimum atomic E-state index is -3.55. The van der Waals surface area contributed by atoms with Crippen LogP contribution in [0.5, 0.6) is 0 Å². The number of carbonyl (C=O) groups is 1. The molecule has 0 bridgehead atoms. The van der Waals surface area contributed by atoms with Gasteiger partial charge in [-0.05, 0) is 43.5 Å². The quantitative estimate of drug-likeness (QED) is 0.648. The molecule has 0 radical (unpaired) electrons. The third-order valence-corrected chi connectivity index (χ3v) is 6.21. The first-order valence-electron chi connectivity index (χ1n) is 8.49. The van der Waals surface area contributed by atoms with E-state index in [9.17, 15) is 13.2 Å². The molecule has 2 aromatic carbocycles. The maximum Gasteiger partial charge on any atom is 0.271 e. The van der Waals surface area contributed by atoms with Crippen LogP contribution in [0.25, 0.3) is 0 Å². The normalized spacial score (nSPS) is 15.8. The number of hydrazone groups is 1. The van der Waals surface area contributed by atoms with Gasteiger partial charge in [0.2, 0.25) is 10.0 Å². The average molecular weight is 371 g/mol. The third kappa shape index (κ3) is 4.00. The number of carbonyl (C=O) groups excluding carboxylic acids is 1. The van der Waals surface area contributed by atoms with Gasteiger partial charge in [0.1, 0.15) is 0 Å². The maximum absolute atomic E-state index is 12.6. The number of rotatable bonds is 5. The highest BCUT2D eigenvalue weighted by Crippen LogP contribution is 2.21. The fourth-order valence-corrected chi connectivity index (χ4v) is 4.38. The van der Waals surface area contributed by atoms with Crippen molar-refractivity contribution in [2.45, 2.75) is 24.7 Å². The van der Waals surface area contributed by atoms with Gasteiger partial charge >= 0.3 is 0 Å². The minimum absolute atomic E-state index is 0.135. The molecule has 0 spiro atoms. The predicted molar refractivity (Wildman–Crippen MR) is 101 cm³/mol. The standard InChI is InChI=1S/C19H21N3O3S/c1-15(16-8-3-2-4-9-16)20-21-19(23)17-10-7-11-18(14-17)26(24,25)22-12-5-6-13-22/h2-4,7-11,14H,5-6,12-13H2,1H3,(H,21,23)/b20-15-. The molecule has 3 rings (SSSR count). The summed E-state index contributed by atoms with van der Waals surface area (Å²) >= 11 is 0. The Kier molecular flexibility index (Phi) is 5.49. The van der Waals surface area contributed by atoms with Crippen molar-refractivity contribution in [2.75, 3.05) is 13.1 Å². The van der Waals surface area contributed by atoms with E-state index in [-0.39, 0.29) is 10.5 Å². The van der Waals surface area contributed by atoms with Crippen molar-refractivity contribution in [2.24, 2.45) is 5.10 Å². The van der Waals surface area contributed by atoms with Gasteiger partial charge in [-0.1, -0.05) is 36.4 Å². The number of nitrogens with zero attached hydrogens (tertiary/aromatic N) is 2. The number of amides is 1. The molecule has 6 nitrogen and oxygen atoms in total. The second-order valence-electron chi connectivity index (χ2n) is 6.14. The van der Waals surface area contributed by atoms with Gasteiger partial charge in [0.05, 0.1) is 10.6 Å². The van der Waals surface area contributed by atoms with Crippen LogP contribution in [0.2, 0.25) is 0 Å². The molecule has 1 amide bonds. The van der Waals surface area contributed by atoms with Crippen molar-refractivity contribution >= 4 is 21.6 Å². The molecule has 1 heterocycles. The average Bonchev–Trinajstić information content (AvgIpc) is 3.22. The summed E-state index contributed by atoms with van der Waals surface area (Å²) in [6.45, 7) is 2.85. The van der Waals surface area contributed by atoms with Crippen molar-refractivity contribution < 1.29 is 13.2 Å². The van der Waals surface area contributed by atoms with E-state index < -0.39 is 15.9 Å². The second-order valence-corrected chi connectivity index (χ2v) is 8.08. The number of hydrogen-bond acceptors (Lipinski definition) is 4. The van der Waals surface area contributed by atoms with Crippen LogP contribution in [0.15, 0.2) is 64.6 Å². The summed E-state index contributed by atoms with van der Waals surface area (Å²) in [5.74, 6) is -0.446. The van der Waals surface area contributed by atoms with Crippen LogP contribution >= 0.6 is 0 Å². The molecular weight excluding hydrogens is 350 g/mol. The van der Waals surface area contributed by atoms with Crippen LogP contribution in [0.1, 0.15) is 35.7 Å². The van der Waals surface area contributed by atoms with E-state index in [0.717, 1.165) is 18.4 Å². The smallest absolute Gasteiger partial charge is 0.267 e. The van der Waals surface area contributed by atoms with Gasteiger partial charge < -0.3 is 0 Å². The number of benzene rings is 2. The van der Waals surface area contributed by atoms with Gasteiger partial charge in [-0.3, -0.25) is 4.79 Å². The molecule has 0 atom stereocenters. The lowest BCUT2D eigenvalue weighted by molar-refractivity contribution is 0.0954. The summed E-state index contributed by atoms with van der Waals surface area (Å²) in [6.07, 6.45) is 1.74. The SMILES string of the molecule is C/C(=N/NC(=O)c1cccc(S(=O)(=O)N2CCCC2)c1)c1ccccc1. The second kappa shape index (κ2) is 7.80. The zero-order valence-electron chi connectivity index (χ0n) is 14.6. The molecule has 26 heavy (non-hydrogen) atoms. The molecular formula is C19H21N3O3S. The molecule has 1 N–H and O–H groups in total. The Morgan fingerprint density at radius 3 is 2.35 bits per heavy atom. The summed E-state index contributed by atoms with van der Waals surface area (Å²) in [4.78, 5) is 12.5. The molecule has 0 aromatic heterocycles. The first kappa shape index (κ1) is 18.3. The molecule has 1 fully saturated rings. The molecule has 1 aliphatic rings. The largest absolute Gasteiger partial charge is 0.271 e. The van der Waals surface area contributed by atoms with Crippen molar-refractivity contribution in [3.8, 4) is 0 Å². The van der Waals surface area contributed by atoms with E-state index in [1.54, 1.807) is 19.1 Å². The summed E-state index contributed by atoms with van der Waals surface area (Å²) in [7, 11) is -3.55. The van der Waals surface area contributed by atoms with Crippen LogP contribution in [0, 0.1) is 0 Å². The molecule has 136 valence electrons. The van der Waals surface area contributed by atoms with Crippen LogP contribution in [-0.4, -0.2) is 37.4 Å². The van der Waals surface area contributed by atoms with Gasteiger partial charge in [-0.2, -0.15) is 9.41 Å². The van der Waals surface area contributed by atoms with Crippen molar-refractivity contribution in [1.29, 1.82) is 0 Å². The lowest BCUT2D eigenvalue weighted by Crippen LogP contribution is -2.28. The molecule has 0 aliphatic carbocycles. The Morgan fingerprint density at radius 1 is 1.00 bits per heavy atom. The van der Waals surface area contributed by atoms with Gasteiger partial charge in [0.15, 0.2) is 0 Å². The first-order valence-corrected chi connectivity index (χ1v) is 9.93. The van der Waals surface area contributed by atoms with Gasteiger partial charge in [0.25, 0.3) is 5.91 Å². The van der Waals surface area contributed by atoms with Crippen LogP contribution < -0.4 is 5.43 Å². The van der Waals surface area contributed by atoms with Crippen LogP contribution in [-0.2, 0) is 10.0 Å². The van der Waals surface area contributed by atoms with Crippen molar-refractivity contribution in [1.82, 2.24) is 9.73 Å². The highest BCUT2D eigenvalue weighted by atomic mass is 32.2. The summed E-state index contributed by atoms with van der Waals surface area (Å²) < 4.78 is 26.7. The lowest BCUT2D eigenvalue weighted by Gasteiger charge is -2.15. The van der Waals surface area contributed by atoms with Gasteiger partial charge in [-0.15, -0.1) is 0 Å². The minimum Gasteiger partial charge on any atom is -0.267 e. The number of nitrogens with one attached hydrogen (secondary N) is 1. The van der Waals surface area contributed by atoms with Crippen LogP contribution in [0.3, 0.4) is 0 Å². The van der Waals surface area contributed by atoms with E-state index >= 15 is 0 Å². The zero-order chi connectivity index (χ0) is 18.6. The zero-order valence-corrected chi connectivity index (χ0v) is 15.4. The Balaban J connectivity index is 1.76. The predicted octanol–water partition coefficient (Wildman–Crippen LogP) is 2.63. The van der Waals surface area contributed by atoms with Gasteiger partial charge in [-0.25, -0.2) is 13.8 Å². The summed E-state index contributed by atoms with van der Waals surface area (Å²) in [5, 5.41) is 4.10. The fraction of sp³-hybridized carbons (Fsp3) is 0.263. The highest BCUT2D eigenvalue weighted by Gasteiger charge is 2.27. The Labute approximate surface area is 153 Å². The molecule has 1 saturated heterocycles. The Morgan fingerprint density at radius 2 is 1.65 bits per heavy atom. The van der Waals surface area contributed by atoms with E-state index in [4.69, 9.17) is 0 Å². The Bertz CT molecular complexity index is 918. The van der Waals surface area contributed by atoms with E-state index in [1.807, 2.05) is 30.3 Å². The molecule has 2 aromatic rings. The molecule has 0 unspecified atom stereocenters. The first-order chi connectivity index (χ1) is 12.5. The van der Waals surface area contributed by atoms with E-state index in [1.165, 1.54) is 16.4 Å². The molecule has 1 aliphatic heterocycles. The topological polar surface area (TPSA) is 78.8 Å². The number of hydrogen-bond donors (Lipinski definition) is 1. The third-order valence-electron chi connectivity index (χ3n) is 4.32. The maximum atomic E-state index is 12.6. The fourth-order valence-electron chi connectivity index (χ4n) is 2.82. The Hall–Kier alpha value is -2.51. The van der Waals surface area contributed by atoms with Crippen molar-refractivity contribution in [3.63, 3.8) is 0 Å².